The molecule has 0 spiro atoms. The van der Waals surface area contributed by atoms with Gasteiger partial charge in [0.15, 0.2) is 12.2 Å². The van der Waals surface area contributed by atoms with Crippen LogP contribution in [0.2, 0.25) is 0 Å². The molecule has 1 saturated heterocycles. The SMILES string of the molecule is CCCCC/C=C\C/C=C\CCCCCCCC(=O)OC1CN(CC(O)CO)C[C@H]1OC(=O)CCCCCCC/C=C\C/C=C\CCCCC. The van der Waals surface area contributed by atoms with Gasteiger partial charge in [-0.2, -0.15) is 0 Å². The van der Waals surface area contributed by atoms with Crippen molar-refractivity contribution in [2.75, 3.05) is 26.2 Å². The van der Waals surface area contributed by atoms with Crippen LogP contribution < -0.4 is 0 Å². The second-order valence-corrected chi connectivity index (χ2v) is 14.1. The number of allylic oxidation sites excluding steroid dienone is 8. The summed E-state index contributed by atoms with van der Waals surface area (Å²) in [6.45, 7) is 5.13. The molecule has 50 heavy (non-hydrogen) atoms. The molecule has 7 nitrogen and oxygen atoms in total. The highest BCUT2D eigenvalue weighted by Crippen LogP contribution is 2.20. The summed E-state index contributed by atoms with van der Waals surface area (Å²) < 4.78 is 11.6. The number of aliphatic hydroxyl groups is 2. The van der Waals surface area contributed by atoms with Crippen LogP contribution in [-0.4, -0.2) is 71.6 Å². The maximum Gasteiger partial charge on any atom is 0.306 e. The number of rotatable bonds is 33. The Hall–Kier alpha value is -2.22. The fourth-order valence-corrected chi connectivity index (χ4v) is 6.17. The Morgan fingerprint density at radius 3 is 1.32 bits per heavy atom. The average Bonchev–Trinajstić information content (AvgIpc) is 3.47. The minimum absolute atomic E-state index is 0.245. The molecule has 3 atom stereocenters. The summed E-state index contributed by atoms with van der Waals surface area (Å²) in [6.07, 6.45) is 41.6. The fraction of sp³-hybridized carbons (Fsp3) is 0.767. The minimum atomic E-state index is -0.888. The Morgan fingerprint density at radius 1 is 0.580 bits per heavy atom. The first kappa shape index (κ1) is 45.8. The van der Waals surface area contributed by atoms with E-state index in [0.29, 0.717) is 25.9 Å². The summed E-state index contributed by atoms with van der Waals surface area (Å²) in [7, 11) is 0. The van der Waals surface area contributed by atoms with Crippen LogP contribution in [0.3, 0.4) is 0 Å². The summed E-state index contributed by atoms with van der Waals surface area (Å²) in [5.41, 5.74) is 0. The van der Waals surface area contributed by atoms with Gasteiger partial charge in [0.05, 0.1) is 12.7 Å². The van der Waals surface area contributed by atoms with Crippen molar-refractivity contribution in [3.8, 4) is 0 Å². The second-order valence-electron chi connectivity index (χ2n) is 14.1. The van der Waals surface area contributed by atoms with E-state index in [1.807, 2.05) is 4.90 Å². The van der Waals surface area contributed by atoms with Gasteiger partial charge >= 0.3 is 11.9 Å². The van der Waals surface area contributed by atoms with Crippen molar-refractivity contribution < 1.29 is 29.3 Å². The van der Waals surface area contributed by atoms with Gasteiger partial charge in [0.1, 0.15) is 0 Å². The third kappa shape index (κ3) is 27.5. The number of carbonyl (C=O) groups is 2. The summed E-state index contributed by atoms with van der Waals surface area (Å²) >= 11 is 0. The molecular formula is C43H75NO6. The predicted octanol–water partition coefficient (Wildman–Crippen LogP) is 10.1. The fourth-order valence-electron chi connectivity index (χ4n) is 6.17. The van der Waals surface area contributed by atoms with Crippen molar-refractivity contribution in [2.24, 2.45) is 0 Å². The number of unbranched alkanes of at least 4 members (excludes halogenated alkanes) is 16. The largest absolute Gasteiger partial charge is 0.457 e. The quantitative estimate of drug-likeness (QED) is 0.0399. The van der Waals surface area contributed by atoms with Crippen LogP contribution in [0.4, 0.5) is 0 Å². The van der Waals surface area contributed by atoms with E-state index in [1.54, 1.807) is 0 Å². The molecule has 0 amide bonds. The summed E-state index contributed by atoms with van der Waals surface area (Å²) in [4.78, 5) is 27.3. The molecule has 0 bridgehead atoms. The van der Waals surface area contributed by atoms with Gasteiger partial charge in [0.2, 0.25) is 0 Å². The van der Waals surface area contributed by atoms with Crippen molar-refractivity contribution in [3.63, 3.8) is 0 Å². The number of β-amino-alcohol motifs (C(OH)–C–C–N with tert-alkyl or cyclic N) is 1. The molecule has 1 fully saturated rings. The van der Waals surface area contributed by atoms with Gasteiger partial charge in [0.25, 0.3) is 0 Å². The predicted molar refractivity (Wildman–Crippen MR) is 208 cm³/mol. The summed E-state index contributed by atoms with van der Waals surface area (Å²) in [5.74, 6) is -0.528. The zero-order valence-electron chi connectivity index (χ0n) is 32.1. The average molecular weight is 702 g/mol. The van der Waals surface area contributed by atoms with E-state index in [4.69, 9.17) is 9.47 Å². The lowest BCUT2D eigenvalue weighted by Crippen LogP contribution is -2.33. The van der Waals surface area contributed by atoms with Crippen molar-refractivity contribution >= 4 is 11.9 Å². The van der Waals surface area contributed by atoms with Gasteiger partial charge in [-0.05, 0) is 77.0 Å². The van der Waals surface area contributed by atoms with Gasteiger partial charge < -0.3 is 19.7 Å². The number of nitrogens with zero attached hydrogens (tertiary/aromatic N) is 1. The van der Waals surface area contributed by atoms with Crippen LogP contribution in [0.25, 0.3) is 0 Å². The maximum absolute atomic E-state index is 12.7. The van der Waals surface area contributed by atoms with E-state index in [-0.39, 0.29) is 25.1 Å². The number of carbonyl (C=O) groups excluding carboxylic acids is 2. The molecular weight excluding hydrogens is 626 g/mol. The Balaban J connectivity index is 2.22. The normalized spacial score (nSPS) is 17.6. The molecule has 0 aromatic heterocycles. The van der Waals surface area contributed by atoms with Crippen molar-refractivity contribution in [1.29, 1.82) is 0 Å². The highest BCUT2D eigenvalue weighted by Gasteiger charge is 2.38. The summed E-state index contributed by atoms with van der Waals surface area (Å²) in [5, 5.41) is 19.2. The van der Waals surface area contributed by atoms with E-state index in [0.717, 1.165) is 77.0 Å². The Labute approximate surface area is 306 Å². The van der Waals surface area contributed by atoms with E-state index in [9.17, 15) is 19.8 Å². The number of ether oxygens (including phenoxy) is 2. The van der Waals surface area contributed by atoms with Crippen LogP contribution in [0.15, 0.2) is 48.6 Å². The lowest BCUT2D eigenvalue weighted by molar-refractivity contribution is -0.164. The molecule has 288 valence electrons. The standard InChI is InChI=1S/C43H75NO6/c1-3-5-7-9-11-13-15-17-19-21-23-25-27-29-31-33-42(47)49-40-36-44(35-39(46)38-45)37-41(40)50-43(48)34-32-30-28-26-24-22-20-18-16-14-12-10-8-6-4-2/h11-14,17-20,39-41,45-46H,3-10,15-16,21-38H2,1-2H3/b13-11-,14-12-,19-17-,20-18-/t39?,40-,41?/m1/s1. The molecule has 1 heterocycles. The monoisotopic (exact) mass is 702 g/mol. The van der Waals surface area contributed by atoms with Gasteiger partial charge in [-0.15, -0.1) is 0 Å². The van der Waals surface area contributed by atoms with Crippen LogP contribution in [0, 0.1) is 0 Å². The maximum atomic E-state index is 12.7. The number of hydrogen-bond donors (Lipinski definition) is 2. The first-order valence-corrected chi connectivity index (χ1v) is 20.5. The minimum Gasteiger partial charge on any atom is -0.457 e. The molecule has 7 heteroatoms. The lowest BCUT2D eigenvalue weighted by Gasteiger charge is -2.19. The first-order valence-electron chi connectivity index (χ1n) is 20.5. The molecule has 0 aromatic rings. The first-order chi connectivity index (χ1) is 24.5. The lowest BCUT2D eigenvalue weighted by atomic mass is 10.1. The van der Waals surface area contributed by atoms with E-state index < -0.39 is 18.3 Å². The number of aliphatic hydroxyl groups excluding tert-OH is 2. The molecule has 2 unspecified atom stereocenters. The topological polar surface area (TPSA) is 96.3 Å². The Morgan fingerprint density at radius 2 is 0.940 bits per heavy atom. The van der Waals surface area contributed by atoms with Gasteiger partial charge in [-0.25, -0.2) is 0 Å². The summed E-state index contributed by atoms with van der Waals surface area (Å²) in [6, 6.07) is 0. The van der Waals surface area contributed by atoms with Crippen molar-refractivity contribution in [2.45, 2.75) is 186 Å². The van der Waals surface area contributed by atoms with Crippen LogP contribution in [0.1, 0.15) is 168 Å². The van der Waals surface area contributed by atoms with E-state index >= 15 is 0 Å². The zero-order valence-corrected chi connectivity index (χ0v) is 32.1. The van der Waals surface area contributed by atoms with Crippen LogP contribution in [0.5, 0.6) is 0 Å². The van der Waals surface area contributed by atoms with E-state index in [2.05, 4.69) is 62.5 Å². The van der Waals surface area contributed by atoms with Gasteiger partial charge in [0, 0.05) is 32.5 Å². The number of esters is 2. The zero-order chi connectivity index (χ0) is 36.3. The highest BCUT2D eigenvalue weighted by atomic mass is 16.6. The molecule has 2 N–H and O–H groups in total. The number of likely N-dealkylation sites (tertiary alicyclic amines) is 1. The molecule has 0 radical (unpaired) electrons. The molecule has 1 rings (SSSR count). The molecule has 1 aliphatic heterocycles. The molecule has 0 aliphatic carbocycles. The smallest absolute Gasteiger partial charge is 0.306 e. The van der Waals surface area contributed by atoms with Crippen molar-refractivity contribution in [3.05, 3.63) is 48.6 Å². The Kier molecular flexibility index (Phi) is 31.1. The molecule has 0 saturated carbocycles. The highest BCUT2D eigenvalue weighted by molar-refractivity contribution is 5.70. The molecule has 1 aliphatic rings. The van der Waals surface area contributed by atoms with Gasteiger partial charge in [-0.3, -0.25) is 14.5 Å². The van der Waals surface area contributed by atoms with Gasteiger partial charge in [-0.1, -0.05) is 127 Å². The third-order valence-corrected chi connectivity index (χ3v) is 9.20. The molecule has 0 aromatic carbocycles. The number of hydrogen-bond acceptors (Lipinski definition) is 7. The van der Waals surface area contributed by atoms with E-state index in [1.165, 1.54) is 64.2 Å². The van der Waals surface area contributed by atoms with Crippen LogP contribution >= 0.6 is 0 Å². The van der Waals surface area contributed by atoms with Crippen LogP contribution in [-0.2, 0) is 19.1 Å². The van der Waals surface area contributed by atoms with Crippen molar-refractivity contribution in [1.82, 2.24) is 4.90 Å². The Bertz CT molecular complexity index is 860. The second kappa shape index (κ2) is 33.9. The third-order valence-electron chi connectivity index (χ3n) is 9.20.